The fourth-order valence-corrected chi connectivity index (χ4v) is 1.23. The van der Waals surface area contributed by atoms with E-state index in [4.69, 9.17) is 11.6 Å². The summed E-state index contributed by atoms with van der Waals surface area (Å²) in [4.78, 5) is 10.9. The standard InChI is InChI=1S/C9H3ClF6O2/c10-6-2-1-4(18-9(14,15)16)3-5(6)7(17)8(11,12)13/h1-3H. The van der Waals surface area contributed by atoms with Crippen LogP contribution in [-0.2, 0) is 0 Å². The maximum absolute atomic E-state index is 12.1. The second kappa shape index (κ2) is 4.68. The van der Waals surface area contributed by atoms with Crippen molar-refractivity contribution in [3.05, 3.63) is 28.8 Å². The quantitative estimate of drug-likeness (QED) is 0.609. The second-order valence-electron chi connectivity index (χ2n) is 3.02. The van der Waals surface area contributed by atoms with Crippen molar-refractivity contribution in [2.45, 2.75) is 12.5 Å². The van der Waals surface area contributed by atoms with E-state index < -0.39 is 34.7 Å². The molecule has 18 heavy (non-hydrogen) atoms. The van der Waals surface area contributed by atoms with Crippen LogP contribution in [-0.4, -0.2) is 18.3 Å². The summed E-state index contributed by atoms with van der Waals surface area (Å²) in [6.45, 7) is 0. The molecule has 0 spiro atoms. The normalized spacial score (nSPS) is 12.4. The highest BCUT2D eigenvalue weighted by molar-refractivity contribution is 6.34. The number of ketones is 1. The molecule has 0 saturated carbocycles. The maximum Gasteiger partial charge on any atom is 0.573 e. The van der Waals surface area contributed by atoms with E-state index >= 15 is 0 Å². The van der Waals surface area contributed by atoms with Gasteiger partial charge in [0.1, 0.15) is 5.75 Å². The first-order valence-electron chi connectivity index (χ1n) is 4.17. The zero-order valence-electron chi connectivity index (χ0n) is 8.19. The Kier molecular flexibility index (Phi) is 3.80. The van der Waals surface area contributed by atoms with Gasteiger partial charge in [0, 0.05) is 5.56 Å². The average molecular weight is 293 g/mol. The maximum atomic E-state index is 12.1. The van der Waals surface area contributed by atoms with Gasteiger partial charge in [-0.05, 0) is 18.2 Å². The first kappa shape index (κ1) is 14.6. The van der Waals surface area contributed by atoms with E-state index in [2.05, 4.69) is 4.74 Å². The molecule has 0 N–H and O–H groups in total. The summed E-state index contributed by atoms with van der Waals surface area (Å²) in [5.41, 5.74) is -1.11. The van der Waals surface area contributed by atoms with Gasteiger partial charge < -0.3 is 4.74 Å². The SMILES string of the molecule is O=C(c1cc(OC(F)(F)F)ccc1Cl)C(F)(F)F. The van der Waals surface area contributed by atoms with Gasteiger partial charge in [0.2, 0.25) is 0 Å². The summed E-state index contributed by atoms with van der Waals surface area (Å²) in [7, 11) is 0. The molecule has 0 aliphatic heterocycles. The van der Waals surface area contributed by atoms with Gasteiger partial charge in [0.05, 0.1) is 5.02 Å². The molecule has 0 atom stereocenters. The van der Waals surface area contributed by atoms with Gasteiger partial charge in [0.25, 0.3) is 5.78 Å². The van der Waals surface area contributed by atoms with Gasteiger partial charge in [-0.1, -0.05) is 11.6 Å². The number of rotatable bonds is 2. The molecule has 100 valence electrons. The molecule has 0 bridgehead atoms. The highest BCUT2D eigenvalue weighted by atomic mass is 35.5. The van der Waals surface area contributed by atoms with Crippen LogP contribution in [0.5, 0.6) is 5.75 Å². The van der Waals surface area contributed by atoms with E-state index in [9.17, 15) is 31.1 Å². The van der Waals surface area contributed by atoms with Crippen LogP contribution >= 0.6 is 11.6 Å². The van der Waals surface area contributed by atoms with Crippen LogP contribution < -0.4 is 4.74 Å². The number of carbonyl (C=O) groups excluding carboxylic acids is 1. The highest BCUT2D eigenvalue weighted by Crippen LogP contribution is 2.31. The second-order valence-corrected chi connectivity index (χ2v) is 3.42. The molecule has 0 unspecified atom stereocenters. The van der Waals surface area contributed by atoms with Crippen LogP contribution in [0.4, 0.5) is 26.3 Å². The minimum Gasteiger partial charge on any atom is -0.406 e. The van der Waals surface area contributed by atoms with E-state index in [1.807, 2.05) is 0 Å². The van der Waals surface area contributed by atoms with Gasteiger partial charge in [-0.2, -0.15) is 13.2 Å². The van der Waals surface area contributed by atoms with E-state index in [0.29, 0.717) is 12.1 Å². The molecule has 0 aromatic heterocycles. The lowest BCUT2D eigenvalue weighted by Gasteiger charge is -2.11. The Morgan fingerprint density at radius 3 is 2.11 bits per heavy atom. The summed E-state index contributed by atoms with van der Waals surface area (Å²) in [5.74, 6) is -3.31. The van der Waals surface area contributed by atoms with Crippen molar-refractivity contribution in [1.82, 2.24) is 0 Å². The molecule has 2 nitrogen and oxygen atoms in total. The van der Waals surface area contributed by atoms with Crippen LogP contribution in [0.2, 0.25) is 5.02 Å². The van der Waals surface area contributed by atoms with E-state index in [1.165, 1.54) is 0 Å². The van der Waals surface area contributed by atoms with Crippen LogP contribution in [0, 0.1) is 0 Å². The first-order chi connectivity index (χ1) is 8.00. The largest absolute Gasteiger partial charge is 0.573 e. The van der Waals surface area contributed by atoms with Crippen molar-refractivity contribution in [2.24, 2.45) is 0 Å². The minimum absolute atomic E-state index is 0.283. The van der Waals surface area contributed by atoms with Crippen LogP contribution in [0.1, 0.15) is 10.4 Å². The number of hydrogen-bond donors (Lipinski definition) is 0. The summed E-state index contributed by atoms with van der Waals surface area (Å²) in [5, 5.41) is -0.619. The molecular formula is C9H3ClF6O2. The van der Waals surface area contributed by atoms with Gasteiger partial charge in [-0.25, -0.2) is 0 Å². The van der Waals surface area contributed by atoms with E-state index in [0.717, 1.165) is 0 Å². The zero-order valence-corrected chi connectivity index (χ0v) is 8.95. The Morgan fingerprint density at radius 1 is 1.11 bits per heavy atom. The Morgan fingerprint density at radius 2 is 1.67 bits per heavy atom. The van der Waals surface area contributed by atoms with Gasteiger partial charge in [-0.3, -0.25) is 4.79 Å². The van der Waals surface area contributed by atoms with E-state index in [-0.39, 0.29) is 6.07 Å². The number of halogens is 7. The van der Waals surface area contributed by atoms with Crippen molar-refractivity contribution < 1.29 is 35.9 Å². The minimum atomic E-state index is -5.24. The van der Waals surface area contributed by atoms with Crippen LogP contribution in [0.3, 0.4) is 0 Å². The van der Waals surface area contributed by atoms with Crippen molar-refractivity contribution >= 4 is 17.4 Å². The zero-order chi connectivity index (χ0) is 14.1. The summed E-state index contributed by atoms with van der Waals surface area (Å²) >= 11 is 5.31. The molecule has 0 heterocycles. The number of Topliss-reactive ketones (excluding diaryl/α,β-unsaturated/α-hetero) is 1. The molecule has 9 heteroatoms. The Hall–Kier alpha value is -1.44. The van der Waals surface area contributed by atoms with Crippen LogP contribution in [0.15, 0.2) is 18.2 Å². The van der Waals surface area contributed by atoms with Crippen molar-refractivity contribution in [3.8, 4) is 5.75 Å². The molecule has 1 aromatic carbocycles. The molecule has 0 fully saturated rings. The van der Waals surface area contributed by atoms with Gasteiger partial charge in [0.15, 0.2) is 0 Å². The summed E-state index contributed by atoms with van der Waals surface area (Å²) in [6, 6.07) is 1.69. The molecule has 0 aliphatic rings. The fraction of sp³-hybridized carbons (Fsp3) is 0.222. The first-order valence-corrected chi connectivity index (χ1v) is 4.55. The molecule has 0 amide bonds. The molecule has 0 aliphatic carbocycles. The van der Waals surface area contributed by atoms with Crippen molar-refractivity contribution in [1.29, 1.82) is 0 Å². The Balaban J connectivity index is 3.14. The predicted molar refractivity (Wildman–Crippen MR) is 48.5 cm³/mol. The molecule has 0 radical (unpaired) electrons. The lowest BCUT2D eigenvalue weighted by atomic mass is 10.1. The van der Waals surface area contributed by atoms with Crippen molar-refractivity contribution in [3.63, 3.8) is 0 Å². The van der Waals surface area contributed by atoms with Gasteiger partial charge >= 0.3 is 12.5 Å². The molecular weight excluding hydrogens is 290 g/mol. The number of hydrogen-bond acceptors (Lipinski definition) is 2. The summed E-state index contributed by atoms with van der Waals surface area (Å²) < 4.78 is 75.3. The number of alkyl halides is 6. The summed E-state index contributed by atoms with van der Waals surface area (Å²) in [6.07, 6.45) is -10.3. The van der Waals surface area contributed by atoms with Crippen molar-refractivity contribution in [2.75, 3.05) is 0 Å². The van der Waals surface area contributed by atoms with Crippen LogP contribution in [0.25, 0.3) is 0 Å². The topological polar surface area (TPSA) is 26.3 Å². The Bertz CT molecular complexity index is 465. The number of ether oxygens (including phenoxy) is 1. The van der Waals surface area contributed by atoms with E-state index in [1.54, 1.807) is 0 Å². The lowest BCUT2D eigenvalue weighted by Crippen LogP contribution is -2.23. The fourth-order valence-electron chi connectivity index (χ4n) is 1.03. The molecule has 0 saturated heterocycles. The third-order valence-corrected chi connectivity index (χ3v) is 2.00. The average Bonchev–Trinajstić information content (AvgIpc) is 2.16. The number of benzene rings is 1. The predicted octanol–water partition coefficient (Wildman–Crippen LogP) is 3.98. The number of carbonyl (C=O) groups is 1. The molecule has 1 rings (SSSR count). The lowest BCUT2D eigenvalue weighted by molar-refractivity contribution is -0.274. The smallest absolute Gasteiger partial charge is 0.406 e. The monoisotopic (exact) mass is 292 g/mol. The third-order valence-electron chi connectivity index (χ3n) is 1.67. The van der Waals surface area contributed by atoms with Gasteiger partial charge in [-0.15, -0.1) is 13.2 Å². The Labute approximate surface area is 101 Å². The molecule has 1 aromatic rings. The highest BCUT2D eigenvalue weighted by Gasteiger charge is 2.41. The third kappa shape index (κ3) is 3.80.